The van der Waals surface area contributed by atoms with Crippen LogP contribution in [-0.2, 0) is 6.54 Å². The number of nitrogens with one attached hydrogen (secondary N) is 1. The normalized spacial score (nSPS) is 15.5. The van der Waals surface area contributed by atoms with Crippen molar-refractivity contribution in [1.29, 1.82) is 0 Å². The Morgan fingerprint density at radius 2 is 2.32 bits per heavy atom. The summed E-state index contributed by atoms with van der Waals surface area (Å²) in [6, 6.07) is 5.32. The van der Waals surface area contributed by atoms with E-state index in [4.69, 9.17) is 16.3 Å². The van der Waals surface area contributed by atoms with Gasteiger partial charge in [0.05, 0.1) is 12.6 Å². The lowest BCUT2D eigenvalue weighted by atomic mass is 10.0. The van der Waals surface area contributed by atoms with E-state index in [1.54, 1.807) is 25.3 Å². The van der Waals surface area contributed by atoms with Gasteiger partial charge in [-0.3, -0.25) is 9.36 Å². The van der Waals surface area contributed by atoms with E-state index in [1.165, 1.54) is 4.57 Å². The Bertz CT molecular complexity index is 679. The first-order valence-electron chi connectivity index (χ1n) is 6.14. The van der Waals surface area contributed by atoms with Gasteiger partial charge in [0, 0.05) is 25.6 Å². The standard InChI is InChI=1S/C13H14ClN3O2/c1-19-10-4-2-3-9-11(10)12(18)17(13(14)16-9)7-8-5-15-6-8/h2-4,8,15H,5-7H2,1H3. The van der Waals surface area contributed by atoms with Crippen LogP contribution in [-0.4, -0.2) is 29.8 Å². The number of hydrogen-bond donors (Lipinski definition) is 1. The predicted octanol–water partition coefficient (Wildman–Crippen LogP) is 1.28. The highest BCUT2D eigenvalue weighted by molar-refractivity contribution is 6.28. The molecule has 0 saturated carbocycles. The quantitative estimate of drug-likeness (QED) is 0.860. The summed E-state index contributed by atoms with van der Waals surface area (Å²) < 4.78 is 6.77. The van der Waals surface area contributed by atoms with E-state index in [-0.39, 0.29) is 10.8 Å². The largest absolute Gasteiger partial charge is 0.496 e. The van der Waals surface area contributed by atoms with Crippen LogP contribution in [0.3, 0.4) is 0 Å². The monoisotopic (exact) mass is 279 g/mol. The lowest BCUT2D eigenvalue weighted by Gasteiger charge is -2.27. The van der Waals surface area contributed by atoms with Crippen molar-refractivity contribution >= 4 is 22.5 Å². The van der Waals surface area contributed by atoms with Crippen molar-refractivity contribution in [2.45, 2.75) is 6.54 Å². The summed E-state index contributed by atoms with van der Waals surface area (Å²) in [6.45, 7) is 2.41. The topological polar surface area (TPSA) is 56.1 Å². The fourth-order valence-corrected chi connectivity index (χ4v) is 2.51. The van der Waals surface area contributed by atoms with Crippen molar-refractivity contribution in [3.63, 3.8) is 0 Å². The molecular weight excluding hydrogens is 266 g/mol. The van der Waals surface area contributed by atoms with Crippen molar-refractivity contribution in [1.82, 2.24) is 14.9 Å². The van der Waals surface area contributed by atoms with Crippen LogP contribution >= 0.6 is 11.6 Å². The maximum Gasteiger partial charge on any atom is 0.266 e. The maximum absolute atomic E-state index is 12.5. The lowest BCUT2D eigenvalue weighted by molar-refractivity contribution is 0.303. The SMILES string of the molecule is COc1cccc2nc(Cl)n(CC3CNC3)c(=O)c12. The molecule has 2 aromatic rings. The number of halogens is 1. The first-order chi connectivity index (χ1) is 9.20. The zero-order valence-corrected chi connectivity index (χ0v) is 11.3. The molecule has 0 bridgehead atoms. The summed E-state index contributed by atoms with van der Waals surface area (Å²) in [7, 11) is 1.54. The van der Waals surface area contributed by atoms with Crippen LogP contribution in [0.1, 0.15) is 0 Å². The lowest BCUT2D eigenvalue weighted by Crippen LogP contribution is -2.45. The van der Waals surface area contributed by atoms with Crippen LogP contribution in [0.5, 0.6) is 5.75 Å². The van der Waals surface area contributed by atoms with Crippen molar-refractivity contribution in [3.05, 3.63) is 33.8 Å². The maximum atomic E-state index is 12.5. The molecule has 0 atom stereocenters. The molecule has 0 radical (unpaired) electrons. The number of ether oxygens (including phenoxy) is 1. The molecule has 5 nitrogen and oxygen atoms in total. The summed E-state index contributed by atoms with van der Waals surface area (Å²) in [5.74, 6) is 0.969. The second-order valence-corrected chi connectivity index (χ2v) is 5.01. The summed E-state index contributed by atoms with van der Waals surface area (Å²) in [5, 5.41) is 3.90. The van der Waals surface area contributed by atoms with Gasteiger partial charge in [-0.2, -0.15) is 0 Å². The zero-order valence-electron chi connectivity index (χ0n) is 10.5. The molecule has 1 aromatic heterocycles. The highest BCUT2D eigenvalue weighted by Crippen LogP contribution is 2.22. The highest BCUT2D eigenvalue weighted by Gasteiger charge is 2.21. The smallest absolute Gasteiger partial charge is 0.266 e. The molecular formula is C13H14ClN3O2. The van der Waals surface area contributed by atoms with E-state index < -0.39 is 0 Å². The minimum Gasteiger partial charge on any atom is -0.496 e. The minimum absolute atomic E-state index is 0.139. The van der Waals surface area contributed by atoms with Gasteiger partial charge in [-0.1, -0.05) is 6.07 Å². The predicted molar refractivity (Wildman–Crippen MR) is 73.9 cm³/mol. The summed E-state index contributed by atoms with van der Waals surface area (Å²) >= 11 is 6.12. The Morgan fingerprint density at radius 1 is 1.53 bits per heavy atom. The third kappa shape index (κ3) is 2.09. The van der Waals surface area contributed by atoms with E-state index in [0.29, 0.717) is 29.1 Å². The molecule has 1 fully saturated rings. The van der Waals surface area contributed by atoms with E-state index in [1.807, 2.05) is 0 Å². The summed E-state index contributed by atoms with van der Waals surface area (Å²) in [5.41, 5.74) is 0.427. The first kappa shape index (κ1) is 12.4. The Labute approximate surface area is 115 Å². The number of fused-ring (bicyclic) bond motifs is 1. The number of nitrogens with zero attached hydrogens (tertiary/aromatic N) is 2. The summed E-state index contributed by atoms with van der Waals surface area (Å²) in [6.07, 6.45) is 0. The number of hydrogen-bond acceptors (Lipinski definition) is 4. The van der Waals surface area contributed by atoms with Crippen LogP contribution in [0.15, 0.2) is 23.0 Å². The molecule has 19 heavy (non-hydrogen) atoms. The van der Waals surface area contributed by atoms with Gasteiger partial charge in [-0.25, -0.2) is 4.98 Å². The van der Waals surface area contributed by atoms with E-state index >= 15 is 0 Å². The van der Waals surface area contributed by atoms with Gasteiger partial charge in [0.1, 0.15) is 11.1 Å². The molecule has 1 aliphatic heterocycles. The van der Waals surface area contributed by atoms with Crippen molar-refractivity contribution in [3.8, 4) is 5.75 Å². The van der Waals surface area contributed by atoms with E-state index in [0.717, 1.165) is 13.1 Å². The van der Waals surface area contributed by atoms with Crippen LogP contribution < -0.4 is 15.6 Å². The third-order valence-corrected chi connectivity index (χ3v) is 3.71. The van der Waals surface area contributed by atoms with Gasteiger partial charge < -0.3 is 10.1 Å². The van der Waals surface area contributed by atoms with Gasteiger partial charge in [0.25, 0.3) is 5.56 Å². The molecule has 0 unspecified atom stereocenters. The molecule has 2 heterocycles. The third-order valence-electron chi connectivity index (χ3n) is 3.43. The Balaban J connectivity index is 2.19. The molecule has 1 aliphatic rings. The molecule has 1 aromatic carbocycles. The molecule has 0 aliphatic carbocycles. The molecule has 1 saturated heterocycles. The number of benzene rings is 1. The van der Waals surface area contributed by atoms with Gasteiger partial charge >= 0.3 is 0 Å². The van der Waals surface area contributed by atoms with E-state index in [9.17, 15) is 4.79 Å². The van der Waals surface area contributed by atoms with Crippen LogP contribution in [0.4, 0.5) is 0 Å². The van der Waals surface area contributed by atoms with Crippen LogP contribution in [0.25, 0.3) is 10.9 Å². The number of methoxy groups -OCH3 is 1. The highest BCUT2D eigenvalue weighted by atomic mass is 35.5. The summed E-state index contributed by atoms with van der Waals surface area (Å²) in [4.78, 5) is 16.8. The second kappa shape index (κ2) is 4.83. The van der Waals surface area contributed by atoms with Gasteiger partial charge in [0.2, 0.25) is 5.28 Å². The first-order valence-corrected chi connectivity index (χ1v) is 6.52. The van der Waals surface area contributed by atoms with E-state index in [2.05, 4.69) is 10.3 Å². The van der Waals surface area contributed by atoms with Gasteiger partial charge in [-0.15, -0.1) is 0 Å². The zero-order chi connectivity index (χ0) is 13.4. The Morgan fingerprint density at radius 3 is 2.95 bits per heavy atom. The van der Waals surface area contributed by atoms with Crippen molar-refractivity contribution < 1.29 is 4.74 Å². The average Bonchev–Trinajstić information content (AvgIpc) is 2.35. The average molecular weight is 280 g/mol. The number of rotatable bonds is 3. The van der Waals surface area contributed by atoms with Crippen molar-refractivity contribution in [2.75, 3.05) is 20.2 Å². The van der Waals surface area contributed by atoms with Crippen LogP contribution in [0, 0.1) is 5.92 Å². The molecule has 100 valence electrons. The molecule has 6 heteroatoms. The second-order valence-electron chi connectivity index (χ2n) is 4.68. The fourth-order valence-electron chi connectivity index (χ4n) is 2.27. The molecule has 3 rings (SSSR count). The molecule has 0 amide bonds. The Kier molecular flexibility index (Phi) is 3.16. The van der Waals surface area contributed by atoms with Gasteiger partial charge in [-0.05, 0) is 23.7 Å². The van der Waals surface area contributed by atoms with Gasteiger partial charge in [0.15, 0.2) is 0 Å². The molecule has 0 spiro atoms. The molecule has 1 N–H and O–H groups in total. The fraction of sp³-hybridized carbons (Fsp3) is 0.385. The van der Waals surface area contributed by atoms with Crippen molar-refractivity contribution in [2.24, 2.45) is 5.92 Å². The number of aromatic nitrogens is 2. The van der Waals surface area contributed by atoms with Crippen LogP contribution in [0.2, 0.25) is 5.28 Å². The Hall–Kier alpha value is -1.59. The minimum atomic E-state index is -0.139.